The number of rotatable bonds is 4. The number of aliphatic carboxylic acids is 1. The normalized spacial score (nSPS) is 11.1. The van der Waals surface area contributed by atoms with E-state index in [9.17, 15) is 4.79 Å². The first kappa shape index (κ1) is 12.3. The number of carboxylic acid groups (broad SMARTS) is 1. The van der Waals surface area contributed by atoms with Crippen molar-refractivity contribution in [2.24, 2.45) is 7.05 Å². The van der Waals surface area contributed by atoms with E-state index in [1.807, 2.05) is 35.0 Å². The fourth-order valence-corrected chi connectivity index (χ4v) is 2.30. The van der Waals surface area contributed by atoms with Gasteiger partial charge in [-0.05, 0) is 16.8 Å². The van der Waals surface area contributed by atoms with Crippen LogP contribution in [0.5, 0.6) is 0 Å². The zero-order valence-corrected chi connectivity index (χ0v) is 10.9. The van der Waals surface area contributed by atoms with Gasteiger partial charge in [-0.25, -0.2) is 0 Å². The highest BCUT2D eigenvalue weighted by molar-refractivity contribution is 5.87. The number of aromatic nitrogens is 5. The Balaban J connectivity index is 2.04. The fourth-order valence-electron chi connectivity index (χ4n) is 2.30. The van der Waals surface area contributed by atoms with E-state index in [-0.39, 0.29) is 6.42 Å². The van der Waals surface area contributed by atoms with Crippen LogP contribution >= 0.6 is 0 Å². The number of hydrogen-bond acceptors (Lipinski definition) is 4. The molecule has 7 nitrogen and oxygen atoms in total. The van der Waals surface area contributed by atoms with Gasteiger partial charge < -0.3 is 9.67 Å². The van der Waals surface area contributed by atoms with Gasteiger partial charge in [-0.2, -0.15) is 4.80 Å². The minimum Gasteiger partial charge on any atom is -0.481 e. The lowest BCUT2D eigenvalue weighted by Gasteiger charge is -2.00. The van der Waals surface area contributed by atoms with E-state index in [4.69, 9.17) is 5.11 Å². The highest BCUT2D eigenvalue weighted by Crippen LogP contribution is 2.22. The molecule has 0 radical (unpaired) electrons. The summed E-state index contributed by atoms with van der Waals surface area (Å²) >= 11 is 0. The van der Waals surface area contributed by atoms with Gasteiger partial charge in [-0.15, -0.1) is 10.2 Å². The number of carboxylic acids is 1. The van der Waals surface area contributed by atoms with Gasteiger partial charge in [0, 0.05) is 17.1 Å². The second-order valence-electron chi connectivity index (χ2n) is 4.57. The molecule has 7 heteroatoms. The third-order valence-electron chi connectivity index (χ3n) is 3.07. The molecule has 0 amide bonds. The Bertz CT molecular complexity index is 774. The zero-order valence-electron chi connectivity index (χ0n) is 10.9. The van der Waals surface area contributed by atoms with Crippen LogP contribution in [0, 0.1) is 0 Å². The number of para-hydroxylation sites is 1. The molecule has 102 valence electrons. The molecule has 0 aliphatic carbocycles. The summed E-state index contributed by atoms with van der Waals surface area (Å²) in [5.41, 5.74) is 1.76. The largest absolute Gasteiger partial charge is 0.481 e. The van der Waals surface area contributed by atoms with Crippen LogP contribution in [-0.4, -0.2) is 35.9 Å². The Morgan fingerprint density at radius 1 is 1.35 bits per heavy atom. The van der Waals surface area contributed by atoms with Gasteiger partial charge in [-0.1, -0.05) is 18.2 Å². The zero-order chi connectivity index (χ0) is 14.1. The molecule has 0 aliphatic heterocycles. The van der Waals surface area contributed by atoms with Gasteiger partial charge in [-0.3, -0.25) is 4.79 Å². The Kier molecular flexibility index (Phi) is 2.94. The summed E-state index contributed by atoms with van der Waals surface area (Å²) in [5, 5.41) is 21.8. The lowest BCUT2D eigenvalue weighted by atomic mass is 10.1. The molecular formula is C13H13N5O2. The first-order valence-corrected chi connectivity index (χ1v) is 6.15. The molecule has 0 atom stereocenters. The topological polar surface area (TPSA) is 85.8 Å². The molecule has 2 heterocycles. The van der Waals surface area contributed by atoms with Crippen molar-refractivity contribution in [3.05, 3.63) is 41.9 Å². The van der Waals surface area contributed by atoms with E-state index >= 15 is 0 Å². The molecule has 0 spiro atoms. The number of aryl methyl sites for hydroxylation is 1. The van der Waals surface area contributed by atoms with Crippen molar-refractivity contribution in [2.45, 2.75) is 13.0 Å². The smallest absolute Gasteiger partial charge is 0.307 e. The van der Waals surface area contributed by atoms with Crippen LogP contribution in [0.1, 0.15) is 11.4 Å². The van der Waals surface area contributed by atoms with Crippen LogP contribution in [-0.2, 0) is 24.8 Å². The maximum absolute atomic E-state index is 10.9. The van der Waals surface area contributed by atoms with Gasteiger partial charge in [0.1, 0.15) is 0 Å². The summed E-state index contributed by atoms with van der Waals surface area (Å²) in [6, 6.07) is 7.71. The fraction of sp³-hybridized carbons (Fsp3) is 0.231. The lowest BCUT2D eigenvalue weighted by molar-refractivity contribution is -0.136. The maximum atomic E-state index is 10.9. The van der Waals surface area contributed by atoms with E-state index in [1.54, 1.807) is 7.05 Å². The molecular weight excluding hydrogens is 258 g/mol. The number of fused-ring (bicyclic) bond motifs is 1. The molecule has 1 N–H and O–H groups in total. The van der Waals surface area contributed by atoms with Crippen molar-refractivity contribution in [1.29, 1.82) is 0 Å². The highest BCUT2D eigenvalue weighted by atomic mass is 16.4. The first-order valence-electron chi connectivity index (χ1n) is 6.15. The van der Waals surface area contributed by atoms with E-state index in [0.29, 0.717) is 12.4 Å². The number of benzene rings is 1. The molecule has 3 rings (SSSR count). The van der Waals surface area contributed by atoms with Crippen molar-refractivity contribution in [2.75, 3.05) is 0 Å². The third kappa shape index (κ3) is 2.25. The van der Waals surface area contributed by atoms with Crippen LogP contribution in [0.25, 0.3) is 10.9 Å². The average Bonchev–Trinajstić information content (AvgIpc) is 2.95. The minimum atomic E-state index is -0.842. The van der Waals surface area contributed by atoms with Crippen molar-refractivity contribution >= 4 is 16.9 Å². The van der Waals surface area contributed by atoms with Crippen molar-refractivity contribution in [3.63, 3.8) is 0 Å². The lowest BCUT2D eigenvalue weighted by Crippen LogP contribution is -2.02. The van der Waals surface area contributed by atoms with Crippen molar-refractivity contribution < 1.29 is 9.90 Å². The monoisotopic (exact) mass is 271 g/mol. The number of tetrazole rings is 1. The van der Waals surface area contributed by atoms with E-state index in [0.717, 1.165) is 16.5 Å². The Morgan fingerprint density at radius 3 is 2.85 bits per heavy atom. The molecule has 1 aromatic carbocycles. The van der Waals surface area contributed by atoms with E-state index in [2.05, 4.69) is 15.4 Å². The van der Waals surface area contributed by atoms with Gasteiger partial charge in [0.05, 0.1) is 20.0 Å². The molecule has 0 saturated heterocycles. The van der Waals surface area contributed by atoms with E-state index in [1.165, 1.54) is 4.80 Å². The first-order chi connectivity index (χ1) is 9.63. The molecule has 0 aliphatic rings. The molecule has 0 bridgehead atoms. The van der Waals surface area contributed by atoms with Crippen LogP contribution in [0.3, 0.4) is 0 Å². The molecule has 0 saturated carbocycles. The van der Waals surface area contributed by atoms with Crippen molar-refractivity contribution in [3.8, 4) is 0 Å². The van der Waals surface area contributed by atoms with Crippen molar-refractivity contribution in [1.82, 2.24) is 24.8 Å². The second-order valence-corrected chi connectivity index (χ2v) is 4.57. The summed E-state index contributed by atoms with van der Waals surface area (Å²) in [5.74, 6) is -0.249. The van der Waals surface area contributed by atoms with Gasteiger partial charge in [0.25, 0.3) is 0 Å². The summed E-state index contributed by atoms with van der Waals surface area (Å²) in [6.07, 6.45) is 1.84. The van der Waals surface area contributed by atoms with E-state index < -0.39 is 5.97 Å². The summed E-state index contributed by atoms with van der Waals surface area (Å²) < 4.78 is 1.95. The number of hydrogen-bond donors (Lipinski definition) is 1. The Labute approximate surface area is 114 Å². The average molecular weight is 271 g/mol. The Morgan fingerprint density at radius 2 is 2.15 bits per heavy atom. The summed E-state index contributed by atoms with van der Waals surface area (Å²) in [7, 11) is 1.71. The molecule has 2 aromatic heterocycles. The quantitative estimate of drug-likeness (QED) is 0.760. The van der Waals surface area contributed by atoms with Crippen LogP contribution in [0.2, 0.25) is 0 Å². The maximum Gasteiger partial charge on any atom is 0.307 e. The molecule has 0 fully saturated rings. The second kappa shape index (κ2) is 4.76. The standard InChI is InChI=1S/C13H13N5O2/c1-17-15-12(14-16-17)8-18-7-9(6-13(19)20)10-4-2-3-5-11(10)18/h2-5,7H,6,8H2,1H3,(H,19,20). The van der Waals surface area contributed by atoms with Gasteiger partial charge in [0.2, 0.25) is 0 Å². The SMILES string of the molecule is Cn1nnc(Cn2cc(CC(=O)O)c3ccccc32)n1. The minimum absolute atomic E-state index is 0.00140. The van der Waals surface area contributed by atoms with Crippen LogP contribution < -0.4 is 0 Å². The highest BCUT2D eigenvalue weighted by Gasteiger charge is 2.12. The predicted molar refractivity (Wildman–Crippen MR) is 71.2 cm³/mol. The Hall–Kier alpha value is -2.70. The van der Waals surface area contributed by atoms with Gasteiger partial charge in [0.15, 0.2) is 5.82 Å². The summed E-state index contributed by atoms with van der Waals surface area (Å²) in [4.78, 5) is 12.3. The summed E-state index contributed by atoms with van der Waals surface area (Å²) in [6.45, 7) is 0.466. The third-order valence-corrected chi connectivity index (χ3v) is 3.07. The number of nitrogens with zero attached hydrogens (tertiary/aromatic N) is 5. The molecule has 3 aromatic rings. The number of carbonyl (C=O) groups is 1. The van der Waals surface area contributed by atoms with Crippen LogP contribution in [0.15, 0.2) is 30.5 Å². The van der Waals surface area contributed by atoms with Gasteiger partial charge >= 0.3 is 5.97 Å². The molecule has 0 unspecified atom stereocenters. The van der Waals surface area contributed by atoms with Crippen LogP contribution in [0.4, 0.5) is 0 Å². The predicted octanol–water partition coefficient (Wildman–Crippen LogP) is 0.840. The molecule has 20 heavy (non-hydrogen) atoms.